The fourth-order valence-electron chi connectivity index (χ4n) is 3.31. The Balaban J connectivity index is 2.05. The zero-order valence-electron chi connectivity index (χ0n) is 13.1. The predicted octanol–water partition coefficient (Wildman–Crippen LogP) is 2.94. The molecule has 6 heteroatoms. The third-order valence-corrected chi connectivity index (χ3v) is 4.69. The molecule has 0 bridgehead atoms. The number of nitrogens with zero attached hydrogens (tertiary/aromatic N) is 2. The van der Waals surface area contributed by atoms with Gasteiger partial charge in [-0.15, -0.1) is 0 Å². The van der Waals surface area contributed by atoms with Crippen LogP contribution in [0.15, 0.2) is 18.3 Å². The van der Waals surface area contributed by atoms with Gasteiger partial charge < -0.3 is 5.32 Å². The lowest BCUT2D eigenvalue weighted by molar-refractivity contribution is 0.234. The topological polar surface area (TPSA) is 85.4 Å². The van der Waals surface area contributed by atoms with Crippen molar-refractivity contribution in [3.8, 4) is 0 Å². The maximum atomic E-state index is 9.11. The molecular weight excluding hydrogens is 278 g/mol. The van der Waals surface area contributed by atoms with Crippen molar-refractivity contribution in [2.45, 2.75) is 45.6 Å². The molecule has 2 aromatic rings. The van der Waals surface area contributed by atoms with E-state index in [4.69, 9.17) is 10.6 Å². The number of amidine groups is 1. The Morgan fingerprint density at radius 2 is 2.14 bits per heavy atom. The van der Waals surface area contributed by atoms with Gasteiger partial charge in [-0.05, 0) is 37.8 Å². The van der Waals surface area contributed by atoms with Crippen LogP contribution in [0.4, 0.5) is 5.69 Å². The Kier molecular flexibility index (Phi) is 4.02. The van der Waals surface area contributed by atoms with Crippen LogP contribution >= 0.6 is 0 Å². The largest absolute Gasteiger partial charge is 0.380 e. The summed E-state index contributed by atoms with van der Waals surface area (Å²) in [5.74, 6) is 0.557. The van der Waals surface area contributed by atoms with Crippen LogP contribution in [0.5, 0.6) is 0 Å². The van der Waals surface area contributed by atoms with Crippen molar-refractivity contribution in [2.75, 3.05) is 5.32 Å². The maximum Gasteiger partial charge on any atom is 0.153 e. The van der Waals surface area contributed by atoms with Gasteiger partial charge in [-0.25, -0.2) is 4.52 Å². The zero-order valence-corrected chi connectivity index (χ0v) is 13.1. The average Bonchev–Trinajstić information content (AvgIpc) is 2.91. The van der Waals surface area contributed by atoms with Crippen molar-refractivity contribution < 1.29 is 5.21 Å². The van der Waals surface area contributed by atoms with Crippen molar-refractivity contribution in [1.82, 2.24) is 15.1 Å². The monoisotopic (exact) mass is 301 g/mol. The van der Waals surface area contributed by atoms with Crippen LogP contribution in [-0.4, -0.2) is 26.7 Å². The first-order chi connectivity index (χ1) is 10.6. The highest BCUT2D eigenvalue weighted by atomic mass is 16.5. The SMILES string of the molecule is Cc1ccc2c(N[C@H]3CCCC[C@H]3C)c(C(=N)NO)cnn12. The lowest BCUT2D eigenvalue weighted by Crippen LogP contribution is -2.32. The quantitative estimate of drug-likeness (QED) is 0.399. The molecule has 6 nitrogen and oxygen atoms in total. The molecule has 2 atom stereocenters. The summed E-state index contributed by atoms with van der Waals surface area (Å²) in [5.41, 5.74) is 5.38. The summed E-state index contributed by atoms with van der Waals surface area (Å²) in [6.07, 6.45) is 6.50. The average molecular weight is 301 g/mol. The number of anilines is 1. The standard InChI is InChI=1S/C16H23N5O/c1-10-5-3-4-6-13(10)19-15-12(16(17)20-22)9-18-21-11(2)7-8-14(15)21/h7-10,13,19,22H,3-6H2,1-2H3,(H2,17,20)/t10-,13+/m1/s1. The second-order valence-corrected chi connectivity index (χ2v) is 6.20. The van der Waals surface area contributed by atoms with Crippen LogP contribution in [-0.2, 0) is 0 Å². The van der Waals surface area contributed by atoms with E-state index in [1.807, 2.05) is 29.1 Å². The van der Waals surface area contributed by atoms with Gasteiger partial charge in [-0.1, -0.05) is 19.8 Å². The van der Waals surface area contributed by atoms with Gasteiger partial charge in [0.25, 0.3) is 0 Å². The Morgan fingerprint density at radius 1 is 1.36 bits per heavy atom. The number of aromatic nitrogens is 2. The highest BCUT2D eigenvalue weighted by Gasteiger charge is 2.24. The van der Waals surface area contributed by atoms with E-state index in [9.17, 15) is 0 Å². The normalized spacial score (nSPS) is 21.8. The summed E-state index contributed by atoms with van der Waals surface area (Å²) in [7, 11) is 0. The molecule has 0 unspecified atom stereocenters. The number of hydroxylamine groups is 1. The zero-order chi connectivity index (χ0) is 15.7. The Bertz CT molecular complexity index is 693. The Labute approximate surface area is 130 Å². The van der Waals surface area contributed by atoms with Crippen molar-refractivity contribution in [2.24, 2.45) is 5.92 Å². The molecule has 22 heavy (non-hydrogen) atoms. The number of hydrogen-bond acceptors (Lipinski definition) is 4. The summed E-state index contributed by atoms with van der Waals surface area (Å²) in [6, 6.07) is 4.41. The van der Waals surface area contributed by atoms with Crippen molar-refractivity contribution >= 4 is 17.0 Å². The van der Waals surface area contributed by atoms with Crippen LogP contribution in [0.25, 0.3) is 5.52 Å². The van der Waals surface area contributed by atoms with Gasteiger partial charge in [-0.2, -0.15) is 5.10 Å². The predicted molar refractivity (Wildman–Crippen MR) is 86.7 cm³/mol. The van der Waals surface area contributed by atoms with E-state index in [-0.39, 0.29) is 5.84 Å². The molecular formula is C16H23N5O. The van der Waals surface area contributed by atoms with E-state index in [2.05, 4.69) is 17.3 Å². The van der Waals surface area contributed by atoms with Gasteiger partial charge >= 0.3 is 0 Å². The van der Waals surface area contributed by atoms with E-state index < -0.39 is 0 Å². The molecule has 0 spiro atoms. The van der Waals surface area contributed by atoms with E-state index >= 15 is 0 Å². The molecule has 4 N–H and O–H groups in total. The van der Waals surface area contributed by atoms with Gasteiger partial charge in [0.05, 0.1) is 23.0 Å². The van der Waals surface area contributed by atoms with E-state index in [0.717, 1.165) is 23.3 Å². The lowest BCUT2D eigenvalue weighted by Gasteiger charge is -2.31. The Morgan fingerprint density at radius 3 is 2.86 bits per heavy atom. The summed E-state index contributed by atoms with van der Waals surface area (Å²) < 4.78 is 1.87. The van der Waals surface area contributed by atoms with Crippen molar-refractivity contribution in [1.29, 1.82) is 5.41 Å². The summed E-state index contributed by atoms with van der Waals surface area (Å²) >= 11 is 0. The molecule has 118 valence electrons. The molecule has 0 aliphatic heterocycles. The van der Waals surface area contributed by atoms with Gasteiger partial charge in [-0.3, -0.25) is 16.1 Å². The molecule has 3 rings (SSSR count). The molecule has 0 amide bonds. The van der Waals surface area contributed by atoms with Gasteiger partial charge in [0.1, 0.15) is 0 Å². The molecule has 0 aromatic carbocycles. The first-order valence-electron chi connectivity index (χ1n) is 7.84. The fraction of sp³-hybridized carbons (Fsp3) is 0.500. The first kappa shape index (κ1) is 14.8. The highest BCUT2D eigenvalue weighted by Crippen LogP contribution is 2.30. The maximum absolute atomic E-state index is 9.11. The van der Waals surface area contributed by atoms with Crippen LogP contribution in [0.2, 0.25) is 0 Å². The third-order valence-electron chi connectivity index (χ3n) is 4.69. The molecule has 1 fully saturated rings. The molecule has 1 aliphatic rings. The fourth-order valence-corrected chi connectivity index (χ4v) is 3.31. The van der Waals surface area contributed by atoms with Crippen LogP contribution in [0, 0.1) is 18.3 Å². The smallest absolute Gasteiger partial charge is 0.153 e. The number of hydrogen-bond donors (Lipinski definition) is 4. The second-order valence-electron chi connectivity index (χ2n) is 6.20. The number of fused-ring (bicyclic) bond motifs is 1. The van der Waals surface area contributed by atoms with Crippen LogP contribution in [0.3, 0.4) is 0 Å². The summed E-state index contributed by atoms with van der Waals surface area (Å²) in [6.45, 7) is 4.27. The highest BCUT2D eigenvalue weighted by molar-refractivity contribution is 6.03. The molecule has 2 aromatic heterocycles. The minimum Gasteiger partial charge on any atom is -0.380 e. The summed E-state index contributed by atoms with van der Waals surface area (Å²) in [4.78, 5) is 0. The molecule has 2 heterocycles. The Hall–Kier alpha value is -2.08. The van der Waals surface area contributed by atoms with Crippen molar-refractivity contribution in [3.63, 3.8) is 0 Å². The number of aryl methyl sites for hydroxylation is 1. The second kappa shape index (κ2) is 5.96. The molecule has 0 saturated heterocycles. The van der Waals surface area contributed by atoms with Gasteiger partial charge in [0.2, 0.25) is 0 Å². The third kappa shape index (κ3) is 2.54. The van der Waals surface area contributed by atoms with E-state index in [0.29, 0.717) is 17.5 Å². The number of nitrogens with one attached hydrogen (secondary N) is 3. The van der Waals surface area contributed by atoms with Crippen LogP contribution < -0.4 is 10.8 Å². The van der Waals surface area contributed by atoms with Gasteiger partial charge in [0.15, 0.2) is 5.84 Å². The number of rotatable bonds is 3. The lowest BCUT2D eigenvalue weighted by atomic mass is 9.85. The van der Waals surface area contributed by atoms with Crippen molar-refractivity contribution in [3.05, 3.63) is 29.6 Å². The van der Waals surface area contributed by atoms with Gasteiger partial charge in [0, 0.05) is 11.7 Å². The minimum absolute atomic E-state index is 0.0418. The van der Waals surface area contributed by atoms with E-state index in [1.165, 1.54) is 19.3 Å². The van der Waals surface area contributed by atoms with E-state index in [1.54, 1.807) is 6.20 Å². The van der Waals surface area contributed by atoms with Crippen LogP contribution in [0.1, 0.15) is 43.9 Å². The first-order valence-corrected chi connectivity index (χ1v) is 7.84. The minimum atomic E-state index is -0.0418. The molecule has 1 saturated carbocycles. The summed E-state index contributed by atoms with van der Waals surface area (Å²) in [5, 5.41) is 25.0. The molecule has 0 radical (unpaired) electrons. The molecule has 1 aliphatic carbocycles.